The molecule has 0 atom stereocenters. The van der Waals surface area contributed by atoms with Crippen molar-refractivity contribution in [1.82, 2.24) is 4.98 Å². The van der Waals surface area contributed by atoms with Gasteiger partial charge in [0.25, 0.3) is 0 Å². The number of carboxylic acids is 1. The predicted molar refractivity (Wildman–Crippen MR) is 88.9 cm³/mol. The number of para-hydroxylation sites is 1. The Morgan fingerprint density at radius 1 is 1.14 bits per heavy atom. The zero-order chi connectivity index (χ0) is 15.9. The van der Waals surface area contributed by atoms with E-state index in [1.54, 1.807) is 30.3 Å². The molecule has 0 fully saturated rings. The van der Waals surface area contributed by atoms with Crippen LogP contribution >= 0.6 is 23.2 Å². The van der Waals surface area contributed by atoms with Gasteiger partial charge in [0.1, 0.15) is 0 Å². The number of hydrogen-bond acceptors (Lipinski definition) is 2. The van der Waals surface area contributed by atoms with Crippen molar-refractivity contribution in [2.75, 3.05) is 0 Å². The van der Waals surface area contributed by atoms with E-state index in [1.807, 2.05) is 19.1 Å². The van der Waals surface area contributed by atoms with Gasteiger partial charge in [-0.3, -0.25) is 0 Å². The summed E-state index contributed by atoms with van der Waals surface area (Å²) < 4.78 is 0. The minimum atomic E-state index is -0.996. The molecule has 0 bridgehead atoms. The summed E-state index contributed by atoms with van der Waals surface area (Å²) in [6.07, 6.45) is 0. The van der Waals surface area contributed by atoms with Crippen molar-refractivity contribution < 1.29 is 9.90 Å². The molecule has 0 saturated carbocycles. The van der Waals surface area contributed by atoms with Crippen molar-refractivity contribution in [2.45, 2.75) is 6.92 Å². The summed E-state index contributed by atoms with van der Waals surface area (Å²) in [6.45, 7) is 1.90. The van der Waals surface area contributed by atoms with E-state index in [0.717, 1.165) is 5.56 Å². The molecule has 5 heteroatoms. The summed E-state index contributed by atoms with van der Waals surface area (Å²) in [5.74, 6) is -0.996. The molecule has 0 aliphatic rings. The number of carboxylic acid groups (broad SMARTS) is 1. The molecule has 3 nitrogen and oxygen atoms in total. The number of aryl methyl sites for hydroxylation is 1. The second-order valence-corrected chi connectivity index (χ2v) is 5.80. The predicted octanol–water partition coefficient (Wildman–Crippen LogP) is 5.22. The third kappa shape index (κ3) is 2.54. The number of pyridine rings is 1. The molecule has 0 spiro atoms. The molecule has 1 heterocycles. The van der Waals surface area contributed by atoms with Crippen LogP contribution in [0.1, 0.15) is 15.9 Å². The lowest BCUT2D eigenvalue weighted by atomic mass is 10.0. The molecular formula is C17H11Cl2NO2. The van der Waals surface area contributed by atoms with Crippen LogP contribution in [0, 0.1) is 6.92 Å². The maximum atomic E-state index is 11.6. The molecule has 110 valence electrons. The van der Waals surface area contributed by atoms with Crippen LogP contribution in [0.25, 0.3) is 22.2 Å². The van der Waals surface area contributed by atoms with E-state index in [-0.39, 0.29) is 5.56 Å². The van der Waals surface area contributed by atoms with Gasteiger partial charge in [0.05, 0.1) is 21.8 Å². The van der Waals surface area contributed by atoms with Crippen LogP contribution in [-0.4, -0.2) is 16.1 Å². The number of fused-ring (bicyclic) bond motifs is 1. The Labute approximate surface area is 137 Å². The first kappa shape index (κ1) is 14.8. The fourth-order valence-electron chi connectivity index (χ4n) is 2.40. The van der Waals surface area contributed by atoms with Crippen LogP contribution in [0.3, 0.4) is 0 Å². The normalized spacial score (nSPS) is 10.9. The average molecular weight is 332 g/mol. The largest absolute Gasteiger partial charge is 0.478 e. The number of nitrogens with zero attached hydrogens (tertiary/aromatic N) is 1. The molecule has 0 aliphatic carbocycles. The average Bonchev–Trinajstić information content (AvgIpc) is 2.47. The summed E-state index contributed by atoms with van der Waals surface area (Å²) >= 11 is 12.1. The highest BCUT2D eigenvalue weighted by molar-refractivity contribution is 6.36. The summed E-state index contributed by atoms with van der Waals surface area (Å²) in [5, 5.41) is 11.0. The van der Waals surface area contributed by atoms with Gasteiger partial charge in [0.15, 0.2) is 0 Å². The van der Waals surface area contributed by atoms with E-state index in [4.69, 9.17) is 23.2 Å². The van der Waals surface area contributed by atoms with Crippen LogP contribution in [0.15, 0.2) is 42.5 Å². The Kier molecular flexibility index (Phi) is 3.77. The van der Waals surface area contributed by atoms with Gasteiger partial charge in [0, 0.05) is 16.0 Å². The number of benzene rings is 2. The Morgan fingerprint density at radius 2 is 1.91 bits per heavy atom. The third-order valence-corrected chi connectivity index (χ3v) is 4.03. The lowest BCUT2D eigenvalue weighted by Crippen LogP contribution is -2.01. The second-order valence-electron chi connectivity index (χ2n) is 4.96. The fraction of sp³-hybridized carbons (Fsp3) is 0.0588. The minimum Gasteiger partial charge on any atom is -0.478 e. The zero-order valence-corrected chi connectivity index (χ0v) is 13.1. The first-order chi connectivity index (χ1) is 10.5. The van der Waals surface area contributed by atoms with Gasteiger partial charge in [-0.05, 0) is 36.8 Å². The van der Waals surface area contributed by atoms with Gasteiger partial charge >= 0.3 is 5.97 Å². The first-order valence-corrected chi connectivity index (χ1v) is 7.32. The molecule has 1 N–H and O–H groups in total. The summed E-state index contributed by atoms with van der Waals surface area (Å²) in [5.41, 5.74) is 2.93. The van der Waals surface area contributed by atoms with Crippen molar-refractivity contribution in [1.29, 1.82) is 0 Å². The van der Waals surface area contributed by atoms with Crippen LogP contribution in [0.4, 0.5) is 0 Å². The number of carbonyl (C=O) groups is 1. The van der Waals surface area contributed by atoms with Gasteiger partial charge in [-0.2, -0.15) is 0 Å². The van der Waals surface area contributed by atoms with E-state index in [2.05, 4.69) is 4.98 Å². The standard InChI is InChI=1S/C17H11Cl2NO2/c1-9-3-2-4-11-13(17(21)22)8-15(20-16(9)11)12-6-5-10(18)7-14(12)19/h2-8H,1H3,(H,21,22). The summed E-state index contributed by atoms with van der Waals surface area (Å²) in [7, 11) is 0. The van der Waals surface area contributed by atoms with Gasteiger partial charge in [-0.15, -0.1) is 0 Å². The smallest absolute Gasteiger partial charge is 0.336 e. The molecule has 2 aromatic carbocycles. The molecule has 0 aliphatic heterocycles. The minimum absolute atomic E-state index is 0.203. The highest BCUT2D eigenvalue weighted by Crippen LogP contribution is 2.32. The van der Waals surface area contributed by atoms with E-state index in [1.165, 1.54) is 0 Å². The second kappa shape index (κ2) is 5.59. The van der Waals surface area contributed by atoms with Gasteiger partial charge in [-0.1, -0.05) is 41.4 Å². The van der Waals surface area contributed by atoms with Crippen molar-refractivity contribution in [3.8, 4) is 11.3 Å². The van der Waals surface area contributed by atoms with Crippen molar-refractivity contribution in [3.63, 3.8) is 0 Å². The van der Waals surface area contributed by atoms with Crippen LogP contribution in [0.5, 0.6) is 0 Å². The monoisotopic (exact) mass is 331 g/mol. The summed E-state index contributed by atoms with van der Waals surface area (Å²) in [6, 6.07) is 12.1. The summed E-state index contributed by atoms with van der Waals surface area (Å²) in [4.78, 5) is 16.2. The van der Waals surface area contributed by atoms with E-state index >= 15 is 0 Å². The lowest BCUT2D eigenvalue weighted by Gasteiger charge is -2.10. The maximum Gasteiger partial charge on any atom is 0.336 e. The molecule has 0 amide bonds. The fourth-order valence-corrected chi connectivity index (χ4v) is 2.91. The third-order valence-electron chi connectivity index (χ3n) is 3.48. The number of hydrogen-bond donors (Lipinski definition) is 1. The van der Waals surface area contributed by atoms with Crippen LogP contribution < -0.4 is 0 Å². The SMILES string of the molecule is Cc1cccc2c(C(=O)O)cc(-c3ccc(Cl)cc3Cl)nc12. The zero-order valence-electron chi connectivity index (χ0n) is 11.6. The maximum absolute atomic E-state index is 11.6. The van der Waals surface area contributed by atoms with E-state index < -0.39 is 5.97 Å². The molecule has 0 saturated heterocycles. The molecule has 22 heavy (non-hydrogen) atoms. The molecule has 3 aromatic rings. The van der Waals surface area contributed by atoms with Crippen LogP contribution in [0.2, 0.25) is 10.0 Å². The van der Waals surface area contributed by atoms with Gasteiger partial charge in [-0.25, -0.2) is 9.78 Å². The van der Waals surface area contributed by atoms with Gasteiger partial charge in [0.2, 0.25) is 0 Å². The van der Waals surface area contributed by atoms with Crippen LogP contribution in [-0.2, 0) is 0 Å². The Hall–Kier alpha value is -2.10. The van der Waals surface area contributed by atoms with E-state index in [0.29, 0.717) is 32.2 Å². The highest BCUT2D eigenvalue weighted by Gasteiger charge is 2.15. The highest BCUT2D eigenvalue weighted by atomic mass is 35.5. The van der Waals surface area contributed by atoms with E-state index in [9.17, 15) is 9.90 Å². The molecule has 0 unspecified atom stereocenters. The van der Waals surface area contributed by atoms with Crippen molar-refractivity contribution >= 4 is 40.1 Å². The molecule has 0 radical (unpaired) electrons. The quantitative estimate of drug-likeness (QED) is 0.700. The molecular weight excluding hydrogens is 321 g/mol. The number of halogens is 2. The van der Waals surface area contributed by atoms with Gasteiger partial charge < -0.3 is 5.11 Å². The Bertz CT molecular complexity index is 907. The Morgan fingerprint density at radius 3 is 2.59 bits per heavy atom. The lowest BCUT2D eigenvalue weighted by molar-refractivity contribution is 0.0699. The number of aromatic carboxylic acids is 1. The number of rotatable bonds is 2. The van der Waals surface area contributed by atoms with Crippen molar-refractivity contribution in [2.24, 2.45) is 0 Å². The topological polar surface area (TPSA) is 50.2 Å². The Balaban J connectivity index is 2.36. The first-order valence-electron chi connectivity index (χ1n) is 6.56. The number of aromatic nitrogens is 1. The van der Waals surface area contributed by atoms with Crippen molar-refractivity contribution in [3.05, 3.63) is 63.6 Å². The molecule has 1 aromatic heterocycles. The molecule has 3 rings (SSSR count).